The van der Waals surface area contributed by atoms with Gasteiger partial charge in [-0.2, -0.15) is 0 Å². The van der Waals surface area contributed by atoms with E-state index in [1.165, 1.54) is 0 Å². The molecule has 4 aliphatic carbocycles. The van der Waals surface area contributed by atoms with Gasteiger partial charge in [0.1, 0.15) is 18.5 Å². The summed E-state index contributed by atoms with van der Waals surface area (Å²) < 4.78 is 5.40. The lowest BCUT2D eigenvalue weighted by atomic mass is 9.44. The minimum Gasteiger partial charge on any atom is -0.374 e. The average Bonchev–Trinajstić information content (AvgIpc) is 3.02. The van der Waals surface area contributed by atoms with Crippen molar-refractivity contribution in [2.45, 2.75) is 78.2 Å². The van der Waals surface area contributed by atoms with Crippen LogP contribution < -0.4 is 0 Å². The molecule has 0 spiro atoms. The summed E-state index contributed by atoms with van der Waals surface area (Å²) in [6.45, 7) is 6.99. The van der Waals surface area contributed by atoms with Crippen LogP contribution in [0.2, 0.25) is 0 Å². The third kappa shape index (κ3) is 3.37. The highest BCUT2D eigenvalue weighted by atomic mass is 17.0. The summed E-state index contributed by atoms with van der Waals surface area (Å²) in [6.07, 6.45) is 6.11. The van der Waals surface area contributed by atoms with E-state index in [2.05, 4.69) is 13.8 Å². The largest absolute Gasteiger partial charge is 0.374 e. The molecule has 168 valence electrons. The molecule has 7 nitrogen and oxygen atoms in total. The van der Waals surface area contributed by atoms with E-state index in [4.69, 9.17) is 9.57 Å². The van der Waals surface area contributed by atoms with Crippen molar-refractivity contribution in [2.75, 3.05) is 13.2 Å². The highest BCUT2D eigenvalue weighted by Gasteiger charge is 2.64. The first-order valence-corrected chi connectivity index (χ1v) is 11.6. The summed E-state index contributed by atoms with van der Waals surface area (Å²) in [5, 5.41) is 10.1. The van der Waals surface area contributed by atoms with Gasteiger partial charge in [0, 0.05) is 24.9 Å². The Balaban J connectivity index is 1.54. The fourth-order valence-corrected chi connectivity index (χ4v) is 8.08. The summed E-state index contributed by atoms with van der Waals surface area (Å²) in [6, 6.07) is 0. The van der Waals surface area contributed by atoms with E-state index >= 15 is 0 Å². The molecule has 4 fully saturated rings. The van der Waals surface area contributed by atoms with Gasteiger partial charge in [-0.05, 0) is 80.5 Å². The number of fused-ring (bicyclic) bond motifs is 5. The SMILES string of the molecule is CCOCC(=O)[C@H]1CC[C@H]2[C@@H]3CC[C@H]4C[C@H](O[N+](=O)[O-])CC[C@]4(C)[C@H]3C(=O)C[C@]12C. The normalized spacial score (nSPS) is 45.2. The van der Waals surface area contributed by atoms with Gasteiger partial charge >= 0.3 is 0 Å². The van der Waals surface area contributed by atoms with E-state index in [1.54, 1.807) is 0 Å². The number of Topliss-reactive ketones (excluding diaryl/α,β-unsaturated/α-hetero) is 2. The van der Waals surface area contributed by atoms with Crippen molar-refractivity contribution < 1.29 is 24.3 Å². The Hall–Kier alpha value is -1.50. The van der Waals surface area contributed by atoms with E-state index in [0.717, 1.165) is 32.1 Å². The third-order valence-electron chi connectivity index (χ3n) is 9.37. The molecule has 0 bridgehead atoms. The smallest absolute Gasteiger partial charge is 0.294 e. The van der Waals surface area contributed by atoms with Gasteiger partial charge in [-0.25, -0.2) is 0 Å². The van der Waals surface area contributed by atoms with Gasteiger partial charge in [0.25, 0.3) is 5.09 Å². The zero-order valence-electron chi connectivity index (χ0n) is 18.4. The Morgan fingerprint density at radius 1 is 1.17 bits per heavy atom. The molecular weight excluding hydrogens is 386 g/mol. The second kappa shape index (κ2) is 7.88. The zero-order chi connectivity index (χ0) is 21.7. The van der Waals surface area contributed by atoms with Gasteiger partial charge in [0.15, 0.2) is 5.78 Å². The lowest BCUT2D eigenvalue weighted by molar-refractivity contribution is -0.770. The van der Waals surface area contributed by atoms with Crippen molar-refractivity contribution >= 4 is 11.6 Å². The summed E-state index contributed by atoms with van der Waals surface area (Å²) in [7, 11) is 0. The minimum absolute atomic E-state index is 0.0200. The van der Waals surface area contributed by atoms with E-state index in [1.807, 2.05) is 6.92 Å². The summed E-state index contributed by atoms with van der Waals surface area (Å²) in [5.74, 6) is 1.45. The van der Waals surface area contributed by atoms with Crippen molar-refractivity contribution in [2.24, 2.45) is 40.4 Å². The van der Waals surface area contributed by atoms with E-state index in [0.29, 0.717) is 49.4 Å². The first-order valence-electron chi connectivity index (χ1n) is 11.6. The van der Waals surface area contributed by atoms with Crippen LogP contribution >= 0.6 is 0 Å². The fraction of sp³-hybridized carbons (Fsp3) is 0.913. The van der Waals surface area contributed by atoms with Gasteiger partial charge in [0.05, 0.1) is 0 Å². The molecule has 4 aliphatic rings. The minimum atomic E-state index is -0.673. The number of carbonyl (C=O) groups is 2. The van der Waals surface area contributed by atoms with E-state index < -0.39 is 5.09 Å². The summed E-state index contributed by atoms with van der Waals surface area (Å²) in [5.41, 5.74) is -0.354. The molecule has 0 saturated heterocycles. The number of hydrogen-bond acceptors (Lipinski definition) is 6. The molecule has 0 aromatic carbocycles. The molecule has 4 saturated carbocycles. The zero-order valence-corrected chi connectivity index (χ0v) is 18.4. The Labute approximate surface area is 178 Å². The predicted molar refractivity (Wildman–Crippen MR) is 109 cm³/mol. The van der Waals surface area contributed by atoms with Crippen LogP contribution in [0.25, 0.3) is 0 Å². The lowest BCUT2D eigenvalue weighted by Gasteiger charge is -2.59. The number of ketones is 2. The maximum absolute atomic E-state index is 13.6. The second-order valence-electron chi connectivity index (χ2n) is 10.6. The number of rotatable bonds is 6. The molecule has 0 aromatic heterocycles. The van der Waals surface area contributed by atoms with Gasteiger partial charge in [-0.3, -0.25) is 9.59 Å². The number of nitrogens with zero attached hydrogens (tertiary/aromatic N) is 1. The molecule has 0 aliphatic heterocycles. The number of hydrogen-bond donors (Lipinski definition) is 0. The molecular formula is C23H35NO6. The van der Waals surface area contributed by atoms with Gasteiger partial charge < -0.3 is 9.57 Å². The molecule has 0 aromatic rings. The van der Waals surface area contributed by atoms with Crippen LogP contribution in [0.3, 0.4) is 0 Å². The van der Waals surface area contributed by atoms with Crippen molar-refractivity contribution in [3.05, 3.63) is 10.1 Å². The van der Waals surface area contributed by atoms with Crippen LogP contribution in [-0.2, 0) is 19.2 Å². The Morgan fingerprint density at radius 3 is 2.63 bits per heavy atom. The monoisotopic (exact) mass is 421 g/mol. The maximum atomic E-state index is 13.6. The average molecular weight is 422 g/mol. The number of carbonyl (C=O) groups excluding carboxylic acids is 2. The van der Waals surface area contributed by atoms with Gasteiger partial charge in [-0.1, -0.05) is 13.8 Å². The molecule has 8 atom stereocenters. The summed E-state index contributed by atoms with van der Waals surface area (Å²) >= 11 is 0. The molecule has 0 heterocycles. The predicted octanol–water partition coefficient (Wildman–Crippen LogP) is 4.01. The maximum Gasteiger partial charge on any atom is 0.294 e. The van der Waals surface area contributed by atoms with Crippen LogP contribution in [0.5, 0.6) is 0 Å². The molecule has 30 heavy (non-hydrogen) atoms. The highest BCUT2D eigenvalue weighted by molar-refractivity contribution is 5.88. The van der Waals surface area contributed by atoms with Crippen LogP contribution in [0.1, 0.15) is 72.1 Å². The molecule has 0 radical (unpaired) electrons. The van der Waals surface area contributed by atoms with Crippen molar-refractivity contribution in [3.63, 3.8) is 0 Å². The van der Waals surface area contributed by atoms with Crippen LogP contribution in [0.15, 0.2) is 0 Å². The first kappa shape index (κ1) is 21.7. The van der Waals surface area contributed by atoms with Crippen LogP contribution in [0, 0.1) is 50.5 Å². The van der Waals surface area contributed by atoms with Crippen LogP contribution in [0.4, 0.5) is 0 Å². The standard InChI is InChI=1S/C23H35NO6/c1-4-29-13-20(26)18-8-7-17-16-6-5-14-11-15(30-24(27)28)9-10-22(14,2)21(16)19(25)12-23(17,18)3/h14-18,21H,4-13H2,1-3H3/t14-,15+,16-,17-,18+,21+,22-,23-/m0/s1. The van der Waals surface area contributed by atoms with Crippen molar-refractivity contribution in [1.29, 1.82) is 0 Å². The van der Waals surface area contributed by atoms with Crippen molar-refractivity contribution in [3.8, 4) is 0 Å². The topological polar surface area (TPSA) is 95.7 Å². The number of ether oxygens (including phenoxy) is 1. The lowest BCUT2D eigenvalue weighted by Crippen LogP contribution is -2.58. The highest BCUT2D eigenvalue weighted by Crippen LogP contribution is 2.66. The summed E-state index contributed by atoms with van der Waals surface area (Å²) in [4.78, 5) is 42.1. The Kier molecular flexibility index (Phi) is 5.71. The second-order valence-corrected chi connectivity index (χ2v) is 10.6. The molecule has 0 N–H and O–H groups in total. The van der Waals surface area contributed by atoms with Crippen LogP contribution in [-0.4, -0.2) is 36.0 Å². The fourth-order valence-electron chi connectivity index (χ4n) is 8.08. The van der Waals surface area contributed by atoms with Gasteiger partial charge in [-0.15, -0.1) is 10.1 Å². The molecule has 7 heteroatoms. The Morgan fingerprint density at radius 2 is 1.93 bits per heavy atom. The van der Waals surface area contributed by atoms with Gasteiger partial charge in [0.2, 0.25) is 0 Å². The van der Waals surface area contributed by atoms with E-state index in [-0.39, 0.29) is 41.2 Å². The van der Waals surface area contributed by atoms with E-state index in [9.17, 15) is 19.7 Å². The first-order chi connectivity index (χ1) is 14.2. The Bertz CT molecular complexity index is 724. The third-order valence-corrected chi connectivity index (χ3v) is 9.37. The van der Waals surface area contributed by atoms with Crippen molar-refractivity contribution in [1.82, 2.24) is 0 Å². The molecule has 0 amide bonds. The molecule has 4 rings (SSSR count). The molecule has 0 unspecified atom stereocenters. The quantitative estimate of drug-likeness (QED) is 0.475.